The number of ether oxygens (including phenoxy) is 1. The van der Waals surface area contributed by atoms with Gasteiger partial charge in [-0.3, -0.25) is 4.79 Å². The number of rotatable bonds is 7. The smallest absolute Gasteiger partial charge is 0.233 e. The topological polar surface area (TPSA) is 58.2 Å². The number of aromatic amines is 1. The number of nitrogens with one attached hydrogen (secondary N) is 1. The van der Waals surface area contributed by atoms with E-state index in [1.54, 1.807) is 12.0 Å². The molecule has 0 unspecified atom stereocenters. The highest BCUT2D eigenvalue weighted by atomic mass is 32.2. The number of hydrogen-bond acceptors (Lipinski definition) is 4. The second-order valence-electron chi connectivity index (χ2n) is 5.08. The summed E-state index contributed by atoms with van der Waals surface area (Å²) >= 11 is 1.41. The molecule has 2 rings (SSSR count). The number of carbonyl (C=O) groups is 1. The van der Waals surface area contributed by atoms with E-state index >= 15 is 0 Å². The van der Waals surface area contributed by atoms with Crippen molar-refractivity contribution in [3.63, 3.8) is 0 Å². The number of likely N-dealkylation sites (N-methyl/N-ethyl adjacent to an activating group) is 1. The number of aromatic nitrogens is 2. The second-order valence-corrected chi connectivity index (χ2v) is 6.04. The van der Waals surface area contributed by atoms with E-state index in [4.69, 9.17) is 4.74 Å². The van der Waals surface area contributed by atoms with Gasteiger partial charge in [0.1, 0.15) is 5.75 Å². The van der Waals surface area contributed by atoms with E-state index in [9.17, 15) is 4.79 Å². The number of methoxy groups -OCH3 is 1. The Morgan fingerprint density at radius 1 is 1.50 bits per heavy atom. The van der Waals surface area contributed by atoms with E-state index in [1.807, 2.05) is 32.0 Å². The Kier molecular flexibility index (Phi) is 5.49. The summed E-state index contributed by atoms with van der Waals surface area (Å²) in [6.45, 7) is 9.04. The first-order valence-electron chi connectivity index (χ1n) is 7.12. The molecule has 1 heterocycles. The molecule has 1 aromatic heterocycles. The Bertz CT molecular complexity index is 681. The molecule has 1 amide bonds. The quantitative estimate of drug-likeness (QED) is 0.629. The number of nitrogens with zero attached hydrogens (tertiary/aromatic N) is 2. The van der Waals surface area contributed by atoms with Gasteiger partial charge in [0.05, 0.1) is 23.9 Å². The molecule has 0 radical (unpaired) electrons. The predicted molar refractivity (Wildman–Crippen MR) is 90.4 cm³/mol. The summed E-state index contributed by atoms with van der Waals surface area (Å²) in [4.78, 5) is 21.7. The van der Waals surface area contributed by atoms with Crippen LogP contribution in [0.5, 0.6) is 5.75 Å². The highest BCUT2D eigenvalue weighted by molar-refractivity contribution is 7.99. The molecule has 0 spiro atoms. The zero-order valence-corrected chi connectivity index (χ0v) is 14.0. The molecular weight excluding hydrogens is 298 g/mol. The van der Waals surface area contributed by atoms with Gasteiger partial charge >= 0.3 is 0 Å². The van der Waals surface area contributed by atoms with Crippen LogP contribution in [0, 0.1) is 0 Å². The van der Waals surface area contributed by atoms with Gasteiger partial charge in [0.25, 0.3) is 0 Å². The van der Waals surface area contributed by atoms with E-state index in [0.29, 0.717) is 18.8 Å². The monoisotopic (exact) mass is 319 g/mol. The number of carbonyl (C=O) groups excluding carboxylic acids is 1. The molecule has 6 heteroatoms. The summed E-state index contributed by atoms with van der Waals surface area (Å²) in [5.41, 5.74) is 2.75. The third-order valence-electron chi connectivity index (χ3n) is 3.19. The Labute approximate surface area is 134 Å². The summed E-state index contributed by atoms with van der Waals surface area (Å²) in [6, 6.07) is 5.66. The molecule has 1 N–H and O–H groups in total. The van der Waals surface area contributed by atoms with Gasteiger partial charge in [-0.1, -0.05) is 23.9 Å². The van der Waals surface area contributed by atoms with Crippen LogP contribution in [0.4, 0.5) is 0 Å². The second kappa shape index (κ2) is 7.35. The molecule has 0 saturated carbocycles. The maximum absolute atomic E-state index is 12.2. The molecule has 0 saturated heterocycles. The predicted octanol–water partition coefficient (Wildman–Crippen LogP) is 3.09. The molecule has 118 valence electrons. The van der Waals surface area contributed by atoms with Crippen LogP contribution < -0.4 is 4.74 Å². The molecule has 0 aliphatic rings. The van der Waals surface area contributed by atoms with Crippen LogP contribution in [0.2, 0.25) is 0 Å². The van der Waals surface area contributed by atoms with Crippen molar-refractivity contribution in [2.24, 2.45) is 0 Å². The SMILES string of the molecule is C=C(C)CN(CC)C(=O)CSc1nc2ccc(OC)cc2[nH]1. The molecule has 1 aromatic carbocycles. The van der Waals surface area contributed by atoms with E-state index < -0.39 is 0 Å². The Morgan fingerprint density at radius 2 is 2.27 bits per heavy atom. The van der Waals surface area contributed by atoms with Crippen molar-refractivity contribution in [2.45, 2.75) is 19.0 Å². The zero-order valence-electron chi connectivity index (χ0n) is 13.2. The average molecular weight is 319 g/mol. The zero-order chi connectivity index (χ0) is 16.1. The normalized spacial score (nSPS) is 10.7. The number of H-pyrrole nitrogens is 1. The van der Waals surface area contributed by atoms with Gasteiger partial charge in [-0.15, -0.1) is 0 Å². The maximum atomic E-state index is 12.2. The van der Waals surface area contributed by atoms with E-state index in [-0.39, 0.29) is 5.91 Å². The summed E-state index contributed by atoms with van der Waals surface area (Å²) < 4.78 is 5.19. The van der Waals surface area contributed by atoms with Crippen LogP contribution in [0.3, 0.4) is 0 Å². The van der Waals surface area contributed by atoms with Crippen molar-refractivity contribution in [1.82, 2.24) is 14.9 Å². The molecule has 0 bridgehead atoms. The first-order chi connectivity index (χ1) is 10.5. The first kappa shape index (κ1) is 16.4. The fourth-order valence-corrected chi connectivity index (χ4v) is 2.87. The molecule has 0 aliphatic heterocycles. The van der Waals surface area contributed by atoms with Crippen LogP contribution in [0.1, 0.15) is 13.8 Å². The van der Waals surface area contributed by atoms with Gasteiger partial charge in [0, 0.05) is 19.2 Å². The van der Waals surface area contributed by atoms with Crippen molar-refractivity contribution in [3.8, 4) is 5.75 Å². The third kappa shape index (κ3) is 4.04. The Morgan fingerprint density at radius 3 is 2.91 bits per heavy atom. The first-order valence-corrected chi connectivity index (χ1v) is 8.10. The standard InChI is InChI=1S/C16H21N3O2S/c1-5-19(9-11(2)3)15(20)10-22-16-17-13-7-6-12(21-4)8-14(13)18-16/h6-8H,2,5,9-10H2,1,3-4H3,(H,17,18). The minimum absolute atomic E-state index is 0.0912. The Hall–Kier alpha value is -1.95. The van der Waals surface area contributed by atoms with Crippen LogP contribution in [0.15, 0.2) is 35.5 Å². The molecule has 0 atom stereocenters. The summed E-state index contributed by atoms with van der Waals surface area (Å²) in [7, 11) is 1.63. The van der Waals surface area contributed by atoms with E-state index in [0.717, 1.165) is 27.5 Å². The molecule has 22 heavy (non-hydrogen) atoms. The highest BCUT2D eigenvalue weighted by Crippen LogP contribution is 2.23. The van der Waals surface area contributed by atoms with Gasteiger partial charge in [0.15, 0.2) is 5.16 Å². The lowest BCUT2D eigenvalue weighted by Crippen LogP contribution is -2.33. The van der Waals surface area contributed by atoms with Crippen molar-refractivity contribution < 1.29 is 9.53 Å². The lowest BCUT2D eigenvalue weighted by Gasteiger charge is -2.20. The minimum atomic E-state index is 0.0912. The van der Waals surface area contributed by atoms with Gasteiger partial charge in [-0.2, -0.15) is 0 Å². The minimum Gasteiger partial charge on any atom is -0.497 e. The number of imidazole rings is 1. The molecule has 2 aromatic rings. The van der Waals surface area contributed by atoms with E-state index in [2.05, 4.69) is 16.5 Å². The van der Waals surface area contributed by atoms with Crippen LogP contribution in [-0.2, 0) is 4.79 Å². The largest absolute Gasteiger partial charge is 0.497 e. The van der Waals surface area contributed by atoms with Crippen LogP contribution in [-0.4, -0.2) is 46.7 Å². The fraction of sp³-hybridized carbons (Fsp3) is 0.375. The van der Waals surface area contributed by atoms with Crippen LogP contribution >= 0.6 is 11.8 Å². The fourth-order valence-electron chi connectivity index (χ4n) is 2.08. The van der Waals surface area contributed by atoms with Gasteiger partial charge < -0.3 is 14.6 Å². The third-order valence-corrected chi connectivity index (χ3v) is 4.05. The molecule has 0 fully saturated rings. The lowest BCUT2D eigenvalue weighted by molar-refractivity contribution is -0.127. The highest BCUT2D eigenvalue weighted by Gasteiger charge is 2.13. The van der Waals surface area contributed by atoms with Crippen LogP contribution in [0.25, 0.3) is 11.0 Å². The van der Waals surface area contributed by atoms with Crippen molar-refractivity contribution in [1.29, 1.82) is 0 Å². The van der Waals surface area contributed by atoms with Crippen molar-refractivity contribution >= 4 is 28.7 Å². The van der Waals surface area contributed by atoms with E-state index in [1.165, 1.54) is 11.8 Å². The number of amides is 1. The molecule has 5 nitrogen and oxygen atoms in total. The average Bonchev–Trinajstić information content (AvgIpc) is 2.91. The number of hydrogen-bond donors (Lipinski definition) is 1. The van der Waals surface area contributed by atoms with Gasteiger partial charge in [-0.05, 0) is 26.0 Å². The van der Waals surface area contributed by atoms with Crippen molar-refractivity contribution in [3.05, 3.63) is 30.4 Å². The maximum Gasteiger partial charge on any atom is 0.233 e. The summed E-state index contributed by atoms with van der Waals surface area (Å²) in [5, 5.41) is 0.739. The number of fused-ring (bicyclic) bond motifs is 1. The summed E-state index contributed by atoms with van der Waals surface area (Å²) in [5.74, 6) is 1.23. The molecular formula is C16H21N3O2S. The Balaban J connectivity index is 2.01. The van der Waals surface area contributed by atoms with Gasteiger partial charge in [-0.25, -0.2) is 4.98 Å². The number of benzene rings is 1. The molecule has 0 aliphatic carbocycles. The summed E-state index contributed by atoms with van der Waals surface area (Å²) in [6.07, 6.45) is 0. The van der Waals surface area contributed by atoms with Gasteiger partial charge in [0.2, 0.25) is 5.91 Å². The lowest BCUT2D eigenvalue weighted by atomic mass is 10.3. The number of thioether (sulfide) groups is 1. The van der Waals surface area contributed by atoms with Crippen molar-refractivity contribution in [2.75, 3.05) is 26.0 Å².